The van der Waals surface area contributed by atoms with Gasteiger partial charge in [-0.05, 0) is 18.6 Å². The summed E-state index contributed by atoms with van der Waals surface area (Å²) in [5, 5.41) is 7.37. The zero-order chi connectivity index (χ0) is 11.8. The van der Waals surface area contributed by atoms with E-state index in [1.165, 1.54) is 10.5 Å². The summed E-state index contributed by atoms with van der Waals surface area (Å²) in [5.74, 6) is 0.559. The van der Waals surface area contributed by atoms with Crippen LogP contribution in [0.1, 0.15) is 24.7 Å². The molecule has 2 rings (SSSR count). The first-order chi connectivity index (χ1) is 7.54. The molecular formula is C10H10F3N3. The highest BCUT2D eigenvalue weighted by Crippen LogP contribution is 2.31. The van der Waals surface area contributed by atoms with Crippen molar-refractivity contribution in [3.8, 4) is 0 Å². The lowest BCUT2D eigenvalue weighted by atomic mass is 10.2. The molecule has 0 aliphatic heterocycles. The first kappa shape index (κ1) is 10.9. The molecule has 0 aromatic carbocycles. The summed E-state index contributed by atoms with van der Waals surface area (Å²) in [6, 6.07) is 2.37. The lowest BCUT2D eigenvalue weighted by Gasteiger charge is -2.07. The number of alkyl halides is 3. The summed E-state index contributed by atoms with van der Waals surface area (Å²) >= 11 is 0. The number of aromatic nitrogens is 3. The van der Waals surface area contributed by atoms with E-state index in [1.54, 1.807) is 6.20 Å². The molecule has 0 fully saturated rings. The number of halogens is 3. The minimum Gasteiger partial charge on any atom is -0.286 e. The van der Waals surface area contributed by atoms with Crippen LogP contribution in [0.3, 0.4) is 0 Å². The van der Waals surface area contributed by atoms with Crippen LogP contribution in [0.25, 0.3) is 5.65 Å². The van der Waals surface area contributed by atoms with Gasteiger partial charge < -0.3 is 0 Å². The summed E-state index contributed by atoms with van der Waals surface area (Å²) in [4.78, 5) is 0. The maximum atomic E-state index is 12.6. The molecule has 0 atom stereocenters. The maximum absolute atomic E-state index is 12.6. The van der Waals surface area contributed by atoms with E-state index in [-0.39, 0.29) is 5.65 Å². The van der Waals surface area contributed by atoms with E-state index in [0.29, 0.717) is 12.2 Å². The second-order valence-corrected chi connectivity index (χ2v) is 3.48. The molecule has 0 spiro atoms. The molecule has 2 aromatic heterocycles. The Hall–Kier alpha value is -1.59. The van der Waals surface area contributed by atoms with Crippen molar-refractivity contribution in [3.05, 3.63) is 29.7 Å². The van der Waals surface area contributed by atoms with Crippen molar-refractivity contribution < 1.29 is 13.2 Å². The van der Waals surface area contributed by atoms with Gasteiger partial charge in [0, 0.05) is 12.6 Å². The van der Waals surface area contributed by atoms with Gasteiger partial charge in [-0.2, -0.15) is 13.2 Å². The molecule has 6 heteroatoms. The minimum atomic E-state index is -4.39. The number of pyridine rings is 1. The van der Waals surface area contributed by atoms with Gasteiger partial charge in [-0.25, -0.2) is 0 Å². The van der Waals surface area contributed by atoms with Crippen LogP contribution >= 0.6 is 0 Å². The maximum Gasteiger partial charge on any atom is 0.420 e. The van der Waals surface area contributed by atoms with Crippen LogP contribution in [-0.4, -0.2) is 14.6 Å². The first-order valence-corrected chi connectivity index (χ1v) is 4.94. The number of nitrogens with zero attached hydrogens (tertiary/aromatic N) is 3. The highest BCUT2D eigenvalue weighted by molar-refractivity contribution is 5.49. The number of rotatable bonds is 2. The zero-order valence-corrected chi connectivity index (χ0v) is 8.62. The molecule has 3 nitrogen and oxygen atoms in total. The molecule has 0 aliphatic rings. The molecular weight excluding hydrogens is 219 g/mol. The predicted molar refractivity (Wildman–Crippen MR) is 52.0 cm³/mol. The number of fused-ring (bicyclic) bond motifs is 1. The molecule has 0 N–H and O–H groups in total. The van der Waals surface area contributed by atoms with Crippen molar-refractivity contribution in [1.82, 2.24) is 14.6 Å². The normalized spacial score (nSPS) is 12.2. The third-order valence-electron chi connectivity index (χ3n) is 2.28. The van der Waals surface area contributed by atoms with Crippen LogP contribution in [0, 0.1) is 0 Å². The summed E-state index contributed by atoms with van der Waals surface area (Å²) in [5.41, 5.74) is -0.872. The fourth-order valence-corrected chi connectivity index (χ4v) is 1.58. The van der Waals surface area contributed by atoms with Crippen LogP contribution in [-0.2, 0) is 12.6 Å². The molecule has 0 radical (unpaired) electrons. The van der Waals surface area contributed by atoms with E-state index in [2.05, 4.69) is 10.2 Å². The number of hydrogen-bond donors (Lipinski definition) is 0. The van der Waals surface area contributed by atoms with E-state index in [9.17, 15) is 13.2 Å². The van der Waals surface area contributed by atoms with Gasteiger partial charge in [0.15, 0.2) is 5.65 Å². The molecule has 16 heavy (non-hydrogen) atoms. The third kappa shape index (κ3) is 1.75. The van der Waals surface area contributed by atoms with Crippen LogP contribution in [0.15, 0.2) is 18.3 Å². The molecule has 0 amide bonds. The summed E-state index contributed by atoms with van der Waals surface area (Å²) in [6.45, 7) is 1.94. The van der Waals surface area contributed by atoms with E-state index in [4.69, 9.17) is 0 Å². The Morgan fingerprint density at radius 1 is 1.31 bits per heavy atom. The minimum absolute atomic E-state index is 0.126. The average molecular weight is 229 g/mol. The molecule has 0 aliphatic carbocycles. The summed E-state index contributed by atoms with van der Waals surface area (Å²) in [7, 11) is 0. The predicted octanol–water partition coefficient (Wildman–Crippen LogP) is 2.70. The molecule has 0 bridgehead atoms. The van der Waals surface area contributed by atoms with Gasteiger partial charge in [0.1, 0.15) is 11.4 Å². The highest BCUT2D eigenvalue weighted by atomic mass is 19.4. The second-order valence-electron chi connectivity index (χ2n) is 3.48. The Bertz CT molecular complexity index is 501. The van der Waals surface area contributed by atoms with Crippen LogP contribution < -0.4 is 0 Å². The summed E-state index contributed by atoms with van der Waals surface area (Å²) in [6.07, 6.45) is -1.41. The SMILES string of the molecule is CCCc1nnc2c(C(F)(F)F)cccn12. The van der Waals surface area contributed by atoms with Gasteiger partial charge in [0.05, 0.1) is 0 Å². The van der Waals surface area contributed by atoms with Crippen molar-refractivity contribution in [2.45, 2.75) is 25.9 Å². The zero-order valence-electron chi connectivity index (χ0n) is 8.62. The fraction of sp³-hybridized carbons (Fsp3) is 0.400. The van der Waals surface area contributed by atoms with Gasteiger partial charge in [-0.1, -0.05) is 6.92 Å². The third-order valence-corrected chi connectivity index (χ3v) is 2.28. The summed E-state index contributed by atoms with van der Waals surface area (Å²) < 4.78 is 39.3. The molecule has 0 saturated carbocycles. The topological polar surface area (TPSA) is 30.2 Å². The van der Waals surface area contributed by atoms with Gasteiger partial charge in [-0.3, -0.25) is 4.40 Å². The molecule has 2 heterocycles. The monoisotopic (exact) mass is 229 g/mol. The van der Waals surface area contributed by atoms with Crippen molar-refractivity contribution in [1.29, 1.82) is 0 Å². The Labute approximate surface area is 89.9 Å². The highest BCUT2D eigenvalue weighted by Gasteiger charge is 2.34. The Balaban J connectivity index is 2.62. The van der Waals surface area contributed by atoms with E-state index in [0.717, 1.165) is 12.5 Å². The Morgan fingerprint density at radius 3 is 2.69 bits per heavy atom. The van der Waals surface area contributed by atoms with Crippen molar-refractivity contribution >= 4 is 5.65 Å². The van der Waals surface area contributed by atoms with Crippen molar-refractivity contribution in [2.24, 2.45) is 0 Å². The van der Waals surface area contributed by atoms with E-state index in [1.807, 2.05) is 6.92 Å². The molecule has 0 saturated heterocycles. The fourth-order valence-electron chi connectivity index (χ4n) is 1.58. The quantitative estimate of drug-likeness (QED) is 0.792. The van der Waals surface area contributed by atoms with Crippen LogP contribution in [0.2, 0.25) is 0 Å². The number of hydrogen-bond acceptors (Lipinski definition) is 2. The first-order valence-electron chi connectivity index (χ1n) is 4.94. The Kier molecular flexibility index (Phi) is 2.57. The van der Waals surface area contributed by atoms with Gasteiger partial charge in [0.25, 0.3) is 0 Å². The van der Waals surface area contributed by atoms with Gasteiger partial charge in [-0.15, -0.1) is 10.2 Å². The molecule has 86 valence electrons. The average Bonchev–Trinajstić information content (AvgIpc) is 2.61. The van der Waals surface area contributed by atoms with Gasteiger partial charge in [0.2, 0.25) is 0 Å². The van der Waals surface area contributed by atoms with E-state index < -0.39 is 11.7 Å². The van der Waals surface area contributed by atoms with Crippen LogP contribution in [0.5, 0.6) is 0 Å². The van der Waals surface area contributed by atoms with Crippen molar-refractivity contribution in [3.63, 3.8) is 0 Å². The largest absolute Gasteiger partial charge is 0.420 e. The lowest BCUT2D eigenvalue weighted by Crippen LogP contribution is -2.08. The van der Waals surface area contributed by atoms with Gasteiger partial charge >= 0.3 is 6.18 Å². The van der Waals surface area contributed by atoms with Crippen molar-refractivity contribution in [2.75, 3.05) is 0 Å². The smallest absolute Gasteiger partial charge is 0.286 e. The molecule has 2 aromatic rings. The van der Waals surface area contributed by atoms with E-state index >= 15 is 0 Å². The Morgan fingerprint density at radius 2 is 2.06 bits per heavy atom. The lowest BCUT2D eigenvalue weighted by molar-refractivity contribution is -0.136. The standard InChI is InChI=1S/C10H10F3N3/c1-2-4-8-14-15-9-7(10(11,12)13)5-3-6-16(8)9/h3,5-6H,2,4H2,1H3. The van der Waals surface area contributed by atoms with Crippen LogP contribution in [0.4, 0.5) is 13.2 Å². The molecule has 0 unspecified atom stereocenters. The second kappa shape index (κ2) is 3.77. The number of aryl methyl sites for hydroxylation is 1.